The van der Waals surface area contributed by atoms with E-state index in [9.17, 15) is 9.50 Å². The molecule has 1 aromatic heterocycles. The predicted octanol–water partition coefficient (Wildman–Crippen LogP) is 2.01. The fourth-order valence-electron chi connectivity index (χ4n) is 3.06. The minimum Gasteiger partial charge on any atom is -0.387 e. The fraction of sp³-hybridized carbons (Fsp3) is 0.500. The lowest BCUT2D eigenvalue weighted by Crippen LogP contribution is -2.44. The van der Waals surface area contributed by atoms with Gasteiger partial charge in [0.2, 0.25) is 0 Å². The van der Waals surface area contributed by atoms with Gasteiger partial charge in [-0.1, -0.05) is 18.6 Å². The topological polar surface area (TPSA) is 54.2 Å². The molecule has 1 aliphatic rings. The van der Waals surface area contributed by atoms with E-state index in [-0.39, 0.29) is 5.82 Å². The molecule has 0 spiro atoms. The fourth-order valence-corrected chi connectivity index (χ4v) is 3.06. The number of piperidine rings is 1. The van der Waals surface area contributed by atoms with Crippen LogP contribution in [0.4, 0.5) is 4.39 Å². The van der Waals surface area contributed by atoms with Gasteiger partial charge in [0.1, 0.15) is 18.5 Å². The van der Waals surface area contributed by atoms with Gasteiger partial charge in [0, 0.05) is 12.6 Å². The Hall–Kier alpha value is -1.79. The summed E-state index contributed by atoms with van der Waals surface area (Å²) in [5.74, 6) is -0.280. The highest BCUT2D eigenvalue weighted by atomic mass is 19.1. The molecule has 2 aromatic rings. The number of β-amino-alcohol motifs (C(OH)–C–C–N with tert-alkyl or cyclic N) is 1. The van der Waals surface area contributed by atoms with Crippen LogP contribution >= 0.6 is 0 Å². The zero-order chi connectivity index (χ0) is 15.4. The van der Waals surface area contributed by atoms with Crippen LogP contribution in [0.5, 0.6) is 0 Å². The minimum absolute atomic E-state index is 0.280. The third-order valence-corrected chi connectivity index (χ3v) is 4.28. The highest BCUT2D eigenvalue weighted by Crippen LogP contribution is 2.22. The third-order valence-electron chi connectivity index (χ3n) is 4.28. The number of hydrogen-bond donors (Lipinski definition) is 1. The molecule has 1 N–H and O–H groups in total. The summed E-state index contributed by atoms with van der Waals surface area (Å²) in [6.07, 6.45) is 6.10. The smallest absolute Gasteiger partial charge is 0.137 e. The molecule has 5 nitrogen and oxygen atoms in total. The van der Waals surface area contributed by atoms with Gasteiger partial charge in [-0.3, -0.25) is 9.58 Å². The van der Waals surface area contributed by atoms with Crippen molar-refractivity contribution in [3.8, 4) is 0 Å². The van der Waals surface area contributed by atoms with Gasteiger partial charge in [-0.15, -0.1) is 0 Å². The third kappa shape index (κ3) is 3.69. The zero-order valence-corrected chi connectivity index (χ0v) is 12.5. The second-order valence-electron chi connectivity index (χ2n) is 5.83. The Morgan fingerprint density at radius 2 is 2.09 bits per heavy atom. The molecule has 2 heterocycles. The molecule has 0 radical (unpaired) electrons. The number of rotatable bonds is 5. The summed E-state index contributed by atoms with van der Waals surface area (Å²) in [5, 5.41) is 14.6. The quantitative estimate of drug-likeness (QED) is 0.918. The van der Waals surface area contributed by atoms with Crippen molar-refractivity contribution in [2.75, 3.05) is 13.1 Å². The Kier molecular flexibility index (Phi) is 4.80. The van der Waals surface area contributed by atoms with Crippen LogP contribution in [0.1, 0.15) is 30.9 Å². The standard InChI is InChI=1S/C16H21FN4O/c17-14-6-4-13(5-7-14)16(22)10-20-8-2-1-3-15(20)9-21-12-18-11-19-21/h4-7,11-12,15-16,22H,1-3,8-10H2/t15-,16-/m1/s1. The first-order chi connectivity index (χ1) is 10.7. The first-order valence-electron chi connectivity index (χ1n) is 7.72. The molecular formula is C16H21FN4O. The summed E-state index contributed by atoms with van der Waals surface area (Å²) in [5.41, 5.74) is 0.756. The molecule has 2 atom stereocenters. The molecule has 1 aliphatic heterocycles. The summed E-state index contributed by atoms with van der Waals surface area (Å²) in [6.45, 7) is 2.32. The second-order valence-corrected chi connectivity index (χ2v) is 5.83. The number of aromatic nitrogens is 3. The van der Waals surface area contributed by atoms with Crippen LogP contribution in [0.2, 0.25) is 0 Å². The van der Waals surface area contributed by atoms with E-state index in [1.54, 1.807) is 24.8 Å². The molecule has 0 unspecified atom stereocenters. The summed E-state index contributed by atoms with van der Waals surface area (Å²) in [7, 11) is 0. The number of nitrogens with zero attached hydrogens (tertiary/aromatic N) is 4. The van der Waals surface area contributed by atoms with Crippen molar-refractivity contribution < 1.29 is 9.50 Å². The van der Waals surface area contributed by atoms with E-state index in [1.807, 2.05) is 4.68 Å². The van der Waals surface area contributed by atoms with Gasteiger partial charge in [0.05, 0.1) is 12.6 Å². The number of likely N-dealkylation sites (tertiary alicyclic amines) is 1. The van der Waals surface area contributed by atoms with Gasteiger partial charge in [0.25, 0.3) is 0 Å². The maximum absolute atomic E-state index is 13.0. The molecular weight excluding hydrogens is 283 g/mol. The first-order valence-corrected chi connectivity index (χ1v) is 7.72. The molecule has 0 bridgehead atoms. The molecule has 1 fully saturated rings. The van der Waals surface area contributed by atoms with Crippen molar-refractivity contribution >= 4 is 0 Å². The lowest BCUT2D eigenvalue weighted by molar-refractivity contribution is 0.0590. The minimum atomic E-state index is -0.600. The van der Waals surface area contributed by atoms with E-state index in [0.717, 1.165) is 31.5 Å². The van der Waals surface area contributed by atoms with E-state index in [1.165, 1.54) is 18.6 Å². The van der Waals surface area contributed by atoms with Crippen molar-refractivity contribution in [1.82, 2.24) is 19.7 Å². The monoisotopic (exact) mass is 304 g/mol. The first kappa shape index (κ1) is 15.1. The molecule has 1 aromatic carbocycles. The average Bonchev–Trinajstić information content (AvgIpc) is 3.03. The summed E-state index contributed by atoms with van der Waals surface area (Å²) in [6, 6.07) is 6.43. The molecule has 22 heavy (non-hydrogen) atoms. The van der Waals surface area contributed by atoms with Crippen molar-refractivity contribution in [3.63, 3.8) is 0 Å². The Labute approximate surface area is 129 Å². The van der Waals surface area contributed by atoms with Crippen LogP contribution in [0.15, 0.2) is 36.9 Å². The Bertz CT molecular complexity index is 572. The molecule has 1 saturated heterocycles. The lowest BCUT2D eigenvalue weighted by Gasteiger charge is -2.36. The second kappa shape index (κ2) is 6.98. The number of hydrogen-bond acceptors (Lipinski definition) is 4. The number of aliphatic hydroxyl groups excluding tert-OH is 1. The van der Waals surface area contributed by atoms with Crippen LogP contribution in [0, 0.1) is 5.82 Å². The van der Waals surface area contributed by atoms with Crippen LogP contribution in [-0.4, -0.2) is 43.9 Å². The van der Waals surface area contributed by atoms with Crippen molar-refractivity contribution in [3.05, 3.63) is 48.3 Å². The maximum Gasteiger partial charge on any atom is 0.137 e. The molecule has 118 valence electrons. The largest absolute Gasteiger partial charge is 0.387 e. The van der Waals surface area contributed by atoms with Gasteiger partial charge < -0.3 is 5.11 Å². The van der Waals surface area contributed by atoms with Crippen LogP contribution < -0.4 is 0 Å². The highest BCUT2D eigenvalue weighted by molar-refractivity contribution is 5.18. The SMILES string of the molecule is O[C@H](CN1CCCC[C@@H]1Cn1cncn1)c1ccc(F)cc1. The number of aliphatic hydroxyl groups is 1. The highest BCUT2D eigenvalue weighted by Gasteiger charge is 2.25. The van der Waals surface area contributed by atoms with Crippen LogP contribution in [0.3, 0.4) is 0 Å². The molecule has 6 heteroatoms. The van der Waals surface area contributed by atoms with Gasteiger partial charge in [0.15, 0.2) is 0 Å². The van der Waals surface area contributed by atoms with E-state index in [2.05, 4.69) is 15.0 Å². The summed E-state index contributed by atoms with van der Waals surface area (Å²) < 4.78 is 14.8. The Balaban J connectivity index is 1.64. The van der Waals surface area contributed by atoms with Crippen molar-refractivity contribution in [2.24, 2.45) is 0 Å². The van der Waals surface area contributed by atoms with Gasteiger partial charge in [-0.2, -0.15) is 5.10 Å². The zero-order valence-electron chi connectivity index (χ0n) is 12.5. The van der Waals surface area contributed by atoms with Gasteiger partial charge in [-0.25, -0.2) is 9.37 Å². The molecule has 0 saturated carbocycles. The van der Waals surface area contributed by atoms with Crippen molar-refractivity contribution in [2.45, 2.75) is 38.0 Å². The molecule has 0 amide bonds. The van der Waals surface area contributed by atoms with Crippen LogP contribution in [-0.2, 0) is 6.54 Å². The van der Waals surface area contributed by atoms with Gasteiger partial charge in [-0.05, 0) is 37.1 Å². The van der Waals surface area contributed by atoms with Gasteiger partial charge >= 0.3 is 0 Å². The lowest BCUT2D eigenvalue weighted by atomic mass is 10.00. The Morgan fingerprint density at radius 3 is 2.82 bits per heavy atom. The van der Waals surface area contributed by atoms with Crippen LogP contribution in [0.25, 0.3) is 0 Å². The maximum atomic E-state index is 13.0. The normalized spacial score (nSPS) is 20.9. The number of benzene rings is 1. The Morgan fingerprint density at radius 1 is 1.27 bits per heavy atom. The number of halogens is 1. The average molecular weight is 304 g/mol. The summed E-state index contributed by atoms with van der Waals surface area (Å²) in [4.78, 5) is 6.28. The predicted molar refractivity (Wildman–Crippen MR) is 80.6 cm³/mol. The van der Waals surface area contributed by atoms with Crippen molar-refractivity contribution in [1.29, 1.82) is 0 Å². The van der Waals surface area contributed by atoms with E-state index < -0.39 is 6.10 Å². The molecule has 3 rings (SSSR count). The summed E-state index contributed by atoms with van der Waals surface area (Å²) >= 11 is 0. The van der Waals surface area contributed by atoms with E-state index >= 15 is 0 Å². The van der Waals surface area contributed by atoms with E-state index in [4.69, 9.17) is 0 Å². The van der Waals surface area contributed by atoms with E-state index in [0.29, 0.717) is 12.6 Å². The molecule has 0 aliphatic carbocycles.